The third-order valence-electron chi connectivity index (χ3n) is 4.13. The van der Waals surface area contributed by atoms with E-state index >= 15 is 0 Å². The Morgan fingerprint density at radius 1 is 1.39 bits per heavy atom. The van der Waals surface area contributed by atoms with Gasteiger partial charge in [0, 0.05) is 19.6 Å². The van der Waals surface area contributed by atoms with Crippen LogP contribution in [0.25, 0.3) is 0 Å². The molecule has 0 aromatic heterocycles. The first-order valence-electron chi connectivity index (χ1n) is 6.32. The van der Waals surface area contributed by atoms with Gasteiger partial charge in [0.25, 0.3) is 0 Å². The van der Waals surface area contributed by atoms with E-state index in [1.807, 2.05) is 20.8 Å². The normalized spacial score (nSPS) is 27.6. The van der Waals surface area contributed by atoms with Crippen LogP contribution in [0.15, 0.2) is 0 Å². The molecule has 1 rings (SSSR count). The largest absolute Gasteiger partial charge is 0.359 e. The topological polar surface area (TPSA) is 87.5 Å². The molecule has 3 unspecified atom stereocenters. The highest BCUT2D eigenvalue weighted by molar-refractivity contribution is 5.82. The van der Waals surface area contributed by atoms with Gasteiger partial charge in [0.15, 0.2) is 0 Å². The summed E-state index contributed by atoms with van der Waals surface area (Å²) < 4.78 is 0. The van der Waals surface area contributed by atoms with Crippen LogP contribution in [0.4, 0.5) is 0 Å². The van der Waals surface area contributed by atoms with Crippen molar-refractivity contribution in [2.24, 2.45) is 17.2 Å². The molecule has 0 spiro atoms. The molecule has 1 fully saturated rings. The summed E-state index contributed by atoms with van der Waals surface area (Å²) in [6.45, 7) is 7.31. The summed E-state index contributed by atoms with van der Waals surface area (Å²) in [7, 11) is 1.66. The van der Waals surface area contributed by atoms with Gasteiger partial charge in [-0.3, -0.25) is 19.9 Å². The number of carbonyl (C=O) groups excluding carboxylic acids is 2. The highest BCUT2D eigenvalue weighted by atomic mass is 16.2. The third-order valence-corrected chi connectivity index (χ3v) is 4.13. The molecule has 6 nitrogen and oxygen atoms in total. The van der Waals surface area contributed by atoms with Gasteiger partial charge in [-0.2, -0.15) is 0 Å². The summed E-state index contributed by atoms with van der Waals surface area (Å²) in [6, 6.07) is 0.0695. The van der Waals surface area contributed by atoms with E-state index in [4.69, 9.17) is 5.84 Å². The van der Waals surface area contributed by atoms with Crippen LogP contribution in [0.2, 0.25) is 0 Å². The molecular formula is C12H24N4O2. The van der Waals surface area contributed by atoms with Gasteiger partial charge in [-0.1, -0.05) is 6.92 Å². The lowest BCUT2D eigenvalue weighted by molar-refractivity contribution is -0.129. The van der Waals surface area contributed by atoms with Gasteiger partial charge in [0.05, 0.1) is 11.3 Å². The summed E-state index contributed by atoms with van der Waals surface area (Å²) in [5.41, 5.74) is 1.82. The van der Waals surface area contributed by atoms with Gasteiger partial charge in [-0.15, -0.1) is 0 Å². The molecule has 1 aliphatic rings. The highest BCUT2D eigenvalue weighted by Crippen LogP contribution is 2.32. The van der Waals surface area contributed by atoms with Crippen LogP contribution in [-0.4, -0.2) is 42.9 Å². The Labute approximate surface area is 108 Å². The maximum Gasteiger partial charge on any atom is 0.238 e. The minimum atomic E-state index is -0.359. The van der Waals surface area contributed by atoms with Gasteiger partial charge in [0.2, 0.25) is 11.8 Å². The molecular weight excluding hydrogens is 232 g/mol. The predicted molar refractivity (Wildman–Crippen MR) is 69.3 cm³/mol. The fourth-order valence-electron chi connectivity index (χ4n) is 2.50. The van der Waals surface area contributed by atoms with Crippen LogP contribution in [0, 0.1) is 11.3 Å². The molecule has 1 saturated heterocycles. The van der Waals surface area contributed by atoms with Crippen LogP contribution in [0.1, 0.15) is 27.2 Å². The van der Waals surface area contributed by atoms with Gasteiger partial charge in [-0.25, -0.2) is 5.84 Å². The molecule has 104 valence electrons. The Balaban J connectivity index is 2.66. The molecule has 0 radical (unpaired) electrons. The molecule has 1 aliphatic heterocycles. The van der Waals surface area contributed by atoms with Gasteiger partial charge < -0.3 is 5.32 Å². The van der Waals surface area contributed by atoms with E-state index in [0.29, 0.717) is 6.54 Å². The average molecular weight is 256 g/mol. The number of likely N-dealkylation sites (tertiary alicyclic amines) is 1. The summed E-state index contributed by atoms with van der Waals surface area (Å²) in [5.74, 6) is 4.85. The molecule has 0 aromatic carbocycles. The number of amides is 2. The zero-order valence-corrected chi connectivity index (χ0v) is 11.6. The standard InChI is InChI=1S/C12H24N4O2/c1-8(10(17)15-13)9(2)16-6-5-12(3,7-16)11(18)14-4/h8-9H,5-7,13H2,1-4H3,(H,14,18)(H,15,17). The number of hydrogen-bond acceptors (Lipinski definition) is 4. The predicted octanol–water partition coefficient (Wildman–Crippen LogP) is -0.541. The van der Waals surface area contributed by atoms with Gasteiger partial charge >= 0.3 is 0 Å². The molecule has 6 heteroatoms. The Kier molecular flexibility index (Phi) is 4.70. The maximum atomic E-state index is 11.8. The number of hydrogen-bond donors (Lipinski definition) is 3. The maximum absolute atomic E-state index is 11.8. The second kappa shape index (κ2) is 5.67. The fraction of sp³-hybridized carbons (Fsp3) is 0.833. The first-order valence-corrected chi connectivity index (χ1v) is 6.32. The number of carbonyl (C=O) groups is 2. The van der Waals surface area contributed by atoms with Crippen LogP contribution in [-0.2, 0) is 9.59 Å². The number of nitrogens with zero attached hydrogens (tertiary/aromatic N) is 1. The molecule has 0 saturated carbocycles. The van der Waals surface area contributed by atoms with Gasteiger partial charge in [0.1, 0.15) is 0 Å². The van der Waals surface area contributed by atoms with Crippen molar-refractivity contribution in [2.45, 2.75) is 33.2 Å². The average Bonchev–Trinajstić information content (AvgIpc) is 2.78. The second-order valence-corrected chi connectivity index (χ2v) is 5.40. The molecule has 2 amide bonds. The first kappa shape index (κ1) is 14.9. The van der Waals surface area contributed by atoms with E-state index in [2.05, 4.69) is 15.6 Å². The third kappa shape index (κ3) is 2.81. The van der Waals surface area contributed by atoms with Crippen LogP contribution in [0.5, 0.6) is 0 Å². The Hall–Kier alpha value is -1.14. The molecule has 1 heterocycles. The lowest BCUT2D eigenvalue weighted by atomic mass is 9.88. The Bertz CT molecular complexity index is 334. The Morgan fingerprint density at radius 2 is 2.00 bits per heavy atom. The lowest BCUT2D eigenvalue weighted by Crippen LogP contribution is -2.47. The van der Waals surface area contributed by atoms with Crippen molar-refractivity contribution in [1.82, 2.24) is 15.6 Å². The minimum absolute atomic E-state index is 0.0631. The van der Waals surface area contributed by atoms with E-state index in [9.17, 15) is 9.59 Å². The molecule has 0 bridgehead atoms. The van der Waals surface area contributed by atoms with E-state index in [1.165, 1.54) is 0 Å². The molecule has 0 aliphatic carbocycles. The summed E-state index contributed by atoms with van der Waals surface area (Å²) in [5, 5.41) is 2.71. The van der Waals surface area contributed by atoms with Gasteiger partial charge in [-0.05, 0) is 26.8 Å². The van der Waals surface area contributed by atoms with Crippen molar-refractivity contribution in [3.63, 3.8) is 0 Å². The molecule has 0 aromatic rings. The highest BCUT2D eigenvalue weighted by Gasteiger charge is 2.42. The fourth-order valence-corrected chi connectivity index (χ4v) is 2.50. The van der Waals surface area contributed by atoms with E-state index in [1.54, 1.807) is 7.05 Å². The second-order valence-electron chi connectivity index (χ2n) is 5.40. The van der Waals surface area contributed by atoms with Crippen LogP contribution >= 0.6 is 0 Å². The van der Waals surface area contributed by atoms with Crippen molar-refractivity contribution < 1.29 is 9.59 Å². The van der Waals surface area contributed by atoms with Crippen LogP contribution in [0.3, 0.4) is 0 Å². The SMILES string of the molecule is CNC(=O)C1(C)CCN(C(C)C(C)C(=O)NN)C1. The lowest BCUT2D eigenvalue weighted by Gasteiger charge is -2.30. The Morgan fingerprint density at radius 3 is 2.50 bits per heavy atom. The number of nitrogens with one attached hydrogen (secondary N) is 2. The monoisotopic (exact) mass is 256 g/mol. The summed E-state index contributed by atoms with van der Waals surface area (Å²) in [4.78, 5) is 25.5. The number of hydrazine groups is 1. The summed E-state index contributed by atoms with van der Waals surface area (Å²) >= 11 is 0. The minimum Gasteiger partial charge on any atom is -0.359 e. The van der Waals surface area contributed by atoms with Crippen molar-refractivity contribution in [1.29, 1.82) is 0 Å². The van der Waals surface area contributed by atoms with E-state index < -0.39 is 0 Å². The first-order chi connectivity index (χ1) is 8.35. The summed E-state index contributed by atoms with van der Waals surface area (Å²) in [6.07, 6.45) is 0.813. The zero-order chi connectivity index (χ0) is 13.9. The van der Waals surface area contributed by atoms with Crippen molar-refractivity contribution in [3.05, 3.63) is 0 Å². The van der Waals surface area contributed by atoms with Crippen molar-refractivity contribution >= 4 is 11.8 Å². The van der Waals surface area contributed by atoms with E-state index in [-0.39, 0.29) is 29.2 Å². The van der Waals surface area contributed by atoms with E-state index in [0.717, 1.165) is 13.0 Å². The number of rotatable bonds is 4. The quantitative estimate of drug-likeness (QED) is 0.358. The smallest absolute Gasteiger partial charge is 0.238 e. The zero-order valence-electron chi connectivity index (χ0n) is 11.6. The number of nitrogens with two attached hydrogens (primary N) is 1. The van der Waals surface area contributed by atoms with Crippen LogP contribution < -0.4 is 16.6 Å². The molecule has 4 N–H and O–H groups in total. The van der Waals surface area contributed by atoms with Crippen molar-refractivity contribution in [3.8, 4) is 0 Å². The molecule has 18 heavy (non-hydrogen) atoms. The van der Waals surface area contributed by atoms with Crippen molar-refractivity contribution in [2.75, 3.05) is 20.1 Å². The molecule has 3 atom stereocenters.